The first-order valence-electron chi connectivity index (χ1n) is 3.28. The summed E-state index contributed by atoms with van der Waals surface area (Å²) in [5, 5.41) is 0. The number of rotatable bonds is 0. The fraction of sp³-hybridized carbons (Fsp3) is 0.500. The minimum Gasteiger partial charge on any atom is -0.243 e. The van der Waals surface area contributed by atoms with E-state index in [-0.39, 0.29) is 0 Å². The van der Waals surface area contributed by atoms with Gasteiger partial charge in [0.25, 0.3) is 0 Å². The molecule has 1 rings (SSSR count). The molecule has 1 unspecified atom stereocenters. The van der Waals surface area contributed by atoms with E-state index in [0.717, 1.165) is 12.0 Å². The van der Waals surface area contributed by atoms with Crippen molar-refractivity contribution in [3.05, 3.63) is 23.8 Å². The van der Waals surface area contributed by atoms with Crippen molar-refractivity contribution in [1.82, 2.24) is 0 Å². The average Bonchev–Trinajstić information content (AvgIpc) is 1.93. The number of hydrogen-bond acceptors (Lipinski definition) is 0. The Morgan fingerprint density at radius 3 is 3.22 bits per heavy atom. The Labute approximate surface area is 55.1 Å². The van der Waals surface area contributed by atoms with E-state index in [1.54, 1.807) is 6.08 Å². The molecule has 0 bridgehead atoms. The molecule has 0 aromatic rings. The Bertz CT molecular complexity index is 145. The van der Waals surface area contributed by atoms with Crippen LogP contribution in [0.5, 0.6) is 0 Å². The van der Waals surface area contributed by atoms with Crippen LogP contribution in [-0.4, -0.2) is 6.17 Å². The molecule has 0 amide bonds. The average molecular weight is 126 g/mol. The van der Waals surface area contributed by atoms with Gasteiger partial charge in [-0.2, -0.15) is 0 Å². The standard InChI is InChI=1S/C8H11F/c1-7-4-2-3-5-8(9)6-7/h2,4,6,8H,3,5H2,1H3. The first-order valence-corrected chi connectivity index (χ1v) is 3.28. The largest absolute Gasteiger partial charge is 0.243 e. The van der Waals surface area contributed by atoms with Crippen molar-refractivity contribution in [3.8, 4) is 0 Å². The predicted octanol–water partition coefficient (Wildman–Crippen LogP) is 2.62. The molecule has 0 aliphatic heterocycles. The Balaban J connectivity index is 2.62. The molecule has 50 valence electrons. The van der Waals surface area contributed by atoms with Gasteiger partial charge in [-0.3, -0.25) is 0 Å². The predicted molar refractivity (Wildman–Crippen MR) is 37.0 cm³/mol. The topological polar surface area (TPSA) is 0 Å². The summed E-state index contributed by atoms with van der Waals surface area (Å²) in [6.07, 6.45) is 6.46. The minimum atomic E-state index is -0.722. The van der Waals surface area contributed by atoms with Gasteiger partial charge < -0.3 is 0 Å². The molecule has 0 N–H and O–H groups in total. The fourth-order valence-electron chi connectivity index (χ4n) is 0.949. The normalized spacial score (nSPS) is 27.3. The summed E-state index contributed by atoms with van der Waals surface area (Å²) >= 11 is 0. The minimum absolute atomic E-state index is 0.647. The van der Waals surface area contributed by atoms with E-state index < -0.39 is 6.17 Å². The maximum Gasteiger partial charge on any atom is 0.119 e. The lowest BCUT2D eigenvalue weighted by Gasteiger charge is -1.95. The number of alkyl halides is 1. The third-order valence-corrected chi connectivity index (χ3v) is 1.43. The Hall–Kier alpha value is -0.590. The number of halogens is 1. The van der Waals surface area contributed by atoms with Crippen molar-refractivity contribution in [1.29, 1.82) is 0 Å². The molecule has 0 fully saturated rings. The van der Waals surface area contributed by atoms with Crippen molar-refractivity contribution in [2.75, 3.05) is 0 Å². The van der Waals surface area contributed by atoms with Crippen LogP contribution in [-0.2, 0) is 0 Å². The highest BCUT2D eigenvalue weighted by Crippen LogP contribution is 2.12. The van der Waals surface area contributed by atoms with Gasteiger partial charge in [0, 0.05) is 0 Å². The quantitative estimate of drug-likeness (QED) is 0.468. The molecule has 0 saturated carbocycles. The van der Waals surface area contributed by atoms with Crippen LogP contribution in [0.2, 0.25) is 0 Å². The third-order valence-electron chi connectivity index (χ3n) is 1.43. The van der Waals surface area contributed by atoms with Crippen LogP contribution in [0.1, 0.15) is 19.8 Å². The first-order chi connectivity index (χ1) is 4.29. The lowest BCUT2D eigenvalue weighted by atomic mass is 10.2. The molecule has 0 spiro atoms. The molecule has 0 aromatic carbocycles. The van der Waals surface area contributed by atoms with Crippen LogP contribution in [0.15, 0.2) is 23.8 Å². The van der Waals surface area contributed by atoms with E-state index in [1.807, 2.05) is 19.1 Å². The van der Waals surface area contributed by atoms with Gasteiger partial charge in [-0.25, -0.2) is 4.39 Å². The highest BCUT2D eigenvalue weighted by atomic mass is 19.1. The molecule has 1 aliphatic rings. The molecule has 1 heteroatoms. The van der Waals surface area contributed by atoms with E-state index in [2.05, 4.69) is 0 Å². The summed E-state index contributed by atoms with van der Waals surface area (Å²) in [4.78, 5) is 0. The smallest absolute Gasteiger partial charge is 0.119 e. The van der Waals surface area contributed by atoms with Gasteiger partial charge in [-0.05, 0) is 25.8 Å². The molecule has 0 nitrogen and oxygen atoms in total. The molecular weight excluding hydrogens is 115 g/mol. The van der Waals surface area contributed by atoms with E-state index in [1.165, 1.54) is 0 Å². The second-order valence-corrected chi connectivity index (χ2v) is 2.41. The molecule has 0 saturated heterocycles. The second-order valence-electron chi connectivity index (χ2n) is 2.41. The van der Waals surface area contributed by atoms with Crippen LogP contribution in [0.3, 0.4) is 0 Å². The lowest BCUT2D eigenvalue weighted by molar-refractivity contribution is 0.381. The molecule has 0 aromatic heterocycles. The van der Waals surface area contributed by atoms with Crippen molar-refractivity contribution < 1.29 is 4.39 Å². The van der Waals surface area contributed by atoms with E-state index in [0.29, 0.717) is 6.42 Å². The lowest BCUT2D eigenvalue weighted by Crippen LogP contribution is -1.91. The Morgan fingerprint density at radius 1 is 1.67 bits per heavy atom. The SMILES string of the molecule is CC1=CC(F)CCC=C1. The zero-order valence-corrected chi connectivity index (χ0v) is 5.60. The van der Waals surface area contributed by atoms with Crippen LogP contribution in [0, 0.1) is 0 Å². The second kappa shape index (κ2) is 2.81. The zero-order chi connectivity index (χ0) is 6.69. The highest BCUT2D eigenvalue weighted by molar-refractivity contribution is 5.19. The van der Waals surface area contributed by atoms with Gasteiger partial charge in [0.1, 0.15) is 6.17 Å². The van der Waals surface area contributed by atoms with E-state index in [9.17, 15) is 4.39 Å². The number of hydrogen-bond donors (Lipinski definition) is 0. The molecular formula is C8H11F. The van der Waals surface area contributed by atoms with Gasteiger partial charge in [-0.1, -0.05) is 17.7 Å². The first kappa shape index (κ1) is 6.53. The monoisotopic (exact) mass is 126 g/mol. The molecule has 0 radical (unpaired) electrons. The van der Waals surface area contributed by atoms with Crippen LogP contribution < -0.4 is 0 Å². The Kier molecular flexibility index (Phi) is 2.04. The van der Waals surface area contributed by atoms with Gasteiger partial charge >= 0.3 is 0 Å². The van der Waals surface area contributed by atoms with Gasteiger partial charge in [0.05, 0.1) is 0 Å². The third kappa shape index (κ3) is 2.00. The van der Waals surface area contributed by atoms with Gasteiger partial charge in [0.2, 0.25) is 0 Å². The fourth-order valence-corrected chi connectivity index (χ4v) is 0.949. The van der Waals surface area contributed by atoms with Crippen molar-refractivity contribution >= 4 is 0 Å². The van der Waals surface area contributed by atoms with Crippen molar-refractivity contribution in [2.45, 2.75) is 25.9 Å². The zero-order valence-electron chi connectivity index (χ0n) is 5.60. The van der Waals surface area contributed by atoms with Crippen LogP contribution in [0.25, 0.3) is 0 Å². The van der Waals surface area contributed by atoms with Crippen molar-refractivity contribution in [2.24, 2.45) is 0 Å². The molecule has 9 heavy (non-hydrogen) atoms. The van der Waals surface area contributed by atoms with Gasteiger partial charge in [-0.15, -0.1) is 0 Å². The highest BCUT2D eigenvalue weighted by Gasteiger charge is 2.02. The maximum atomic E-state index is 12.6. The summed E-state index contributed by atoms with van der Waals surface area (Å²) in [6.45, 7) is 1.92. The summed E-state index contributed by atoms with van der Waals surface area (Å²) in [5.74, 6) is 0. The maximum absolute atomic E-state index is 12.6. The van der Waals surface area contributed by atoms with Crippen LogP contribution >= 0.6 is 0 Å². The van der Waals surface area contributed by atoms with E-state index >= 15 is 0 Å². The summed E-state index contributed by atoms with van der Waals surface area (Å²) in [5.41, 5.74) is 1.04. The summed E-state index contributed by atoms with van der Waals surface area (Å²) < 4.78 is 12.6. The molecule has 0 heterocycles. The summed E-state index contributed by atoms with van der Waals surface area (Å²) in [7, 11) is 0. The molecule has 1 aliphatic carbocycles. The summed E-state index contributed by atoms with van der Waals surface area (Å²) in [6, 6.07) is 0. The Morgan fingerprint density at radius 2 is 2.44 bits per heavy atom. The van der Waals surface area contributed by atoms with Crippen molar-refractivity contribution in [3.63, 3.8) is 0 Å². The molecule has 1 atom stereocenters. The van der Waals surface area contributed by atoms with Gasteiger partial charge in [0.15, 0.2) is 0 Å². The number of allylic oxidation sites excluding steroid dienone is 4. The van der Waals surface area contributed by atoms with Crippen LogP contribution in [0.4, 0.5) is 4.39 Å². The van der Waals surface area contributed by atoms with E-state index in [4.69, 9.17) is 0 Å².